The van der Waals surface area contributed by atoms with Gasteiger partial charge in [-0.05, 0) is 24.6 Å². The minimum Gasteiger partial charge on any atom is -0.319 e. The third-order valence-electron chi connectivity index (χ3n) is 2.57. The van der Waals surface area contributed by atoms with Crippen LogP contribution in [0.4, 0.5) is 4.39 Å². The fourth-order valence-electron chi connectivity index (χ4n) is 1.63. The zero-order valence-corrected chi connectivity index (χ0v) is 10.0. The van der Waals surface area contributed by atoms with Gasteiger partial charge in [0.25, 0.3) is 0 Å². The van der Waals surface area contributed by atoms with E-state index in [0.29, 0.717) is 6.54 Å². The zero-order chi connectivity index (χ0) is 12.4. The predicted molar refractivity (Wildman–Crippen MR) is 63.1 cm³/mol. The van der Waals surface area contributed by atoms with Crippen molar-refractivity contribution in [3.8, 4) is 0 Å². The lowest BCUT2D eigenvalue weighted by Crippen LogP contribution is -2.17. The van der Waals surface area contributed by atoms with Crippen LogP contribution in [-0.2, 0) is 6.54 Å². The Labute approximate surface area is 103 Å². The fraction of sp³-hybridized carbons (Fsp3) is 0.273. The first-order valence-corrected chi connectivity index (χ1v) is 5.60. The normalized spacial score (nSPS) is 12.7. The van der Waals surface area contributed by atoms with Gasteiger partial charge < -0.3 is 5.73 Å². The standard InChI is InChI=1S/C11H12ClFN4/c1-2-17-10(6-15-16-17)11(14)7-3-4-9(13)8(12)5-7/h3-6,11H,2,14H2,1H3. The number of halogens is 2. The lowest BCUT2D eigenvalue weighted by Gasteiger charge is -2.13. The smallest absolute Gasteiger partial charge is 0.141 e. The second-order valence-corrected chi connectivity index (χ2v) is 4.03. The molecule has 1 unspecified atom stereocenters. The molecule has 0 radical (unpaired) electrons. The van der Waals surface area contributed by atoms with Gasteiger partial charge in [-0.25, -0.2) is 9.07 Å². The highest BCUT2D eigenvalue weighted by atomic mass is 35.5. The van der Waals surface area contributed by atoms with Gasteiger partial charge in [-0.1, -0.05) is 22.9 Å². The van der Waals surface area contributed by atoms with Crippen molar-refractivity contribution in [2.24, 2.45) is 5.73 Å². The van der Waals surface area contributed by atoms with Crippen molar-refractivity contribution in [2.45, 2.75) is 19.5 Å². The maximum absolute atomic E-state index is 13.0. The van der Waals surface area contributed by atoms with Crippen LogP contribution in [0, 0.1) is 5.82 Å². The van der Waals surface area contributed by atoms with Crippen molar-refractivity contribution in [3.05, 3.63) is 46.5 Å². The molecule has 0 aliphatic rings. The molecule has 17 heavy (non-hydrogen) atoms. The van der Waals surface area contributed by atoms with E-state index in [2.05, 4.69) is 10.3 Å². The summed E-state index contributed by atoms with van der Waals surface area (Å²) < 4.78 is 14.7. The molecule has 90 valence electrons. The number of hydrogen-bond acceptors (Lipinski definition) is 3. The summed E-state index contributed by atoms with van der Waals surface area (Å²) in [6.45, 7) is 2.63. The lowest BCUT2D eigenvalue weighted by atomic mass is 10.1. The first-order chi connectivity index (χ1) is 8.13. The number of nitrogens with zero attached hydrogens (tertiary/aromatic N) is 3. The van der Waals surface area contributed by atoms with Gasteiger partial charge in [0.05, 0.1) is 23.0 Å². The van der Waals surface area contributed by atoms with Crippen molar-refractivity contribution >= 4 is 11.6 Å². The second kappa shape index (κ2) is 4.81. The van der Waals surface area contributed by atoms with Crippen LogP contribution in [0.2, 0.25) is 5.02 Å². The van der Waals surface area contributed by atoms with Crippen LogP contribution in [0.5, 0.6) is 0 Å². The van der Waals surface area contributed by atoms with E-state index in [9.17, 15) is 4.39 Å². The highest BCUT2D eigenvalue weighted by Crippen LogP contribution is 2.23. The van der Waals surface area contributed by atoms with E-state index in [1.807, 2.05) is 6.92 Å². The van der Waals surface area contributed by atoms with Gasteiger partial charge in [-0.3, -0.25) is 0 Å². The highest BCUT2D eigenvalue weighted by molar-refractivity contribution is 6.30. The third kappa shape index (κ3) is 2.30. The fourth-order valence-corrected chi connectivity index (χ4v) is 1.82. The summed E-state index contributed by atoms with van der Waals surface area (Å²) in [5, 5.41) is 7.77. The van der Waals surface area contributed by atoms with Crippen LogP contribution in [0.25, 0.3) is 0 Å². The molecule has 1 aromatic carbocycles. The summed E-state index contributed by atoms with van der Waals surface area (Å²) in [6, 6.07) is 4.02. The molecule has 0 amide bonds. The number of rotatable bonds is 3. The number of aryl methyl sites for hydroxylation is 1. The van der Waals surface area contributed by atoms with Crippen LogP contribution >= 0.6 is 11.6 Å². The molecular formula is C11H12ClFN4. The molecule has 2 rings (SSSR count). The number of aromatic nitrogens is 3. The van der Waals surface area contributed by atoms with E-state index in [-0.39, 0.29) is 5.02 Å². The Balaban J connectivity index is 2.36. The Morgan fingerprint density at radius 3 is 2.94 bits per heavy atom. The minimum absolute atomic E-state index is 0.0634. The third-order valence-corrected chi connectivity index (χ3v) is 2.86. The van der Waals surface area contributed by atoms with E-state index in [4.69, 9.17) is 17.3 Å². The van der Waals surface area contributed by atoms with Crippen LogP contribution in [-0.4, -0.2) is 15.0 Å². The second-order valence-electron chi connectivity index (χ2n) is 3.63. The van der Waals surface area contributed by atoms with Crippen LogP contribution < -0.4 is 5.73 Å². The van der Waals surface area contributed by atoms with Crippen molar-refractivity contribution in [1.29, 1.82) is 0 Å². The minimum atomic E-state index is -0.454. The topological polar surface area (TPSA) is 56.7 Å². The largest absolute Gasteiger partial charge is 0.319 e. The number of nitrogens with two attached hydrogens (primary N) is 1. The summed E-state index contributed by atoms with van der Waals surface area (Å²) in [5.74, 6) is -0.454. The quantitative estimate of drug-likeness (QED) is 0.913. The predicted octanol–water partition coefficient (Wildman–Crippen LogP) is 2.14. The molecule has 1 aromatic heterocycles. The maximum atomic E-state index is 13.0. The van der Waals surface area contributed by atoms with E-state index in [1.165, 1.54) is 12.1 Å². The Kier molecular flexibility index (Phi) is 3.40. The number of hydrogen-bond donors (Lipinski definition) is 1. The Morgan fingerprint density at radius 1 is 1.53 bits per heavy atom. The van der Waals surface area contributed by atoms with Gasteiger partial charge in [0.15, 0.2) is 0 Å². The van der Waals surface area contributed by atoms with Gasteiger partial charge in [0, 0.05) is 6.54 Å². The number of benzene rings is 1. The van der Waals surface area contributed by atoms with E-state index >= 15 is 0 Å². The molecule has 0 saturated heterocycles. The van der Waals surface area contributed by atoms with Crippen LogP contribution in [0.15, 0.2) is 24.4 Å². The van der Waals surface area contributed by atoms with Gasteiger partial charge in [-0.2, -0.15) is 0 Å². The zero-order valence-electron chi connectivity index (χ0n) is 9.27. The maximum Gasteiger partial charge on any atom is 0.141 e. The Hall–Kier alpha value is -1.46. The summed E-state index contributed by atoms with van der Waals surface area (Å²) in [4.78, 5) is 0. The molecule has 0 spiro atoms. The van der Waals surface area contributed by atoms with E-state index in [0.717, 1.165) is 11.3 Å². The summed E-state index contributed by atoms with van der Waals surface area (Å²) >= 11 is 5.72. The first kappa shape index (κ1) is 12.0. The molecule has 0 bridgehead atoms. The average molecular weight is 255 g/mol. The monoisotopic (exact) mass is 254 g/mol. The van der Waals surface area contributed by atoms with Gasteiger partial charge >= 0.3 is 0 Å². The van der Waals surface area contributed by atoms with Crippen molar-refractivity contribution < 1.29 is 4.39 Å². The molecule has 0 aliphatic carbocycles. The highest BCUT2D eigenvalue weighted by Gasteiger charge is 2.15. The molecule has 0 aliphatic heterocycles. The molecule has 1 atom stereocenters. The average Bonchev–Trinajstić information content (AvgIpc) is 2.80. The SMILES string of the molecule is CCn1nncc1C(N)c1ccc(F)c(Cl)c1. The molecular weight excluding hydrogens is 243 g/mol. The molecule has 2 N–H and O–H groups in total. The molecule has 6 heteroatoms. The molecule has 1 heterocycles. The van der Waals surface area contributed by atoms with Crippen molar-refractivity contribution in [2.75, 3.05) is 0 Å². The molecule has 0 fully saturated rings. The summed E-state index contributed by atoms with van der Waals surface area (Å²) in [5.41, 5.74) is 7.58. The van der Waals surface area contributed by atoms with Gasteiger partial charge in [0.1, 0.15) is 5.82 Å². The summed E-state index contributed by atoms with van der Waals surface area (Å²) in [6.07, 6.45) is 1.60. The first-order valence-electron chi connectivity index (χ1n) is 5.22. The molecule has 2 aromatic rings. The van der Waals surface area contributed by atoms with Crippen molar-refractivity contribution in [1.82, 2.24) is 15.0 Å². The lowest BCUT2D eigenvalue weighted by molar-refractivity contribution is 0.580. The van der Waals surface area contributed by atoms with Crippen LogP contribution in [0.1, 0.15) is 24.2 Å². The molecule has 0 saturated carbocycles. The van der Waals surface area contributed by atoms with E-state index in [1.54, 1.807) is 16.9 Å². The van der Waals surface area contributed by atoms with Crippen LogP contribution in [0.3, 0.4) is 0 Å². The van der Waals surface area contributed by atoms with Gasteiger partial charge in [-0.15, -0.1) is 5.10 Å². The Morgan fingerprint density at radius 2 is 2.29 bits per heavy atom. The Bertz CT molecular complexity index is 526. The summed E-state index contributed by atoms with van der Waals surface area (Å²) in [7, 11) is 0. The van der Waals surface area contributed by atoms with Crippen molar-refractivity contribution in [3.63, 3.8) is 0 Å². The van der Waals surface area contributed by atoms with Gasteiger partial charge in [0.2, 0.25) is 0 Å². The van der Waals surface area contributed by atoms with E-state index < -0.39 is 11.9 Å². The molecule has 4 nitrogen and oxygen atoms in total.